The van der Waals surface area contributed by atoms with Gasteiger partial charge in [-0.1, -0.05) is 25.7 Å². The van der Waals surface area contributed by atoms with Crippen LogP contribution in [0.15, 0.2) is 16.8 Å². The van der Waals surface area contributed by atoms with Gasteiger partial charge in [0.25, 0.3) is 0 Å². The lowest BCUT2D eigenvalue weighted by Gasteiger charge is -2.20. The first-order valence-corrected chi connectivity index (χ1v) is 6.46. The van der Waals surface area contributed by atoms with E-state index in [4.69, 9.17) is 0 Å². The zero-order chi connectivity index (χ0) is 9.80. The number of aliphatic hydroxyl groups is 1. The third kappa shape index (κ3) is 2.37. The minimum absolute atomic E-state index is 0.362. The first kappa shape index (κ1) is 10.2. The summed E-state index contributed by atoms with van der Waals surface area (Å²) in [7, 11) is 0. The maximum Gasteiger partial charge on any atom is 0.0465 e. The minimum atomic E-state index is 0.362. The third-order valence-corrected chi connectivity index (χ3v) is 4.11. The molecule has 14 heavy (non-hydrogen) atoms. The summed E-state index contributed by atoms with van der Waals surface area (Å²) in [5, 5.41) is 13.7. The quantitative estimate of drug-likeness (QED) is 0.809. The van der Waals surface area contributed by atoms with Crippen LogP contribution in [0.2, 0.25) is 0 Å². The molecule has 0 saturated heterocycles. The van der Waals surface area contributed by atoms with E-state index < -0.39 is 0 Å². The van der Waals surface area contributed by atoms with Gasteiger partial charge in [0, 0.05) is 6.61 Å². The molecule has 1 fully saturated rings. The Bertz CT molecular complexity index is 249. The van der Waals surface area contributed by atoms with Crippen LogP contribution in [0, 0.1) is 11.8 Å². The monoisotopic (exact) mass is 210 g/mol. The van der Waals surface area contributed by atoms with Gasteiger partial charge >= 0.3 is 0 Å². The van der Waals surface area contributed by atoms with Gasteiger partial charge in [0.1, 0.15) is 0 Å². The highest BCUT2D eigenvalue weighted by Crippen LogP contribution is 2.33. The molecule has 0 radical (unpaired) electrons. The summed E-state index contributed by atoms with van der Waals surface area (Å²) in [5.41, 5.74) is 1.40. The Hall–Kier alpha value is -0.340. The second kappa shape index (κ2) is 4.94. The lowest BCUT2D eigenvalue weighted by atomic mass is 9.87. The average Bonchev–Trinajstić information content (AvgIpc) is 2.86. The van der Waals surface area contributed by atoms with Crippen molar-refractivity contribution >= 4 is 11.3 Å². The number of hydrogen-bond donors (Lipinski definition) is 1. The second-order valence-electron chi connectivity index (χ2n) is 4.32. The van der Waals surface area contributed by atoms with Crippen molar-refractivity contribution in [1.29, 1.82) is 0 Å². The van der Waals surface area contributed by atoms with Crippen molar-refractivity contribution < 1.29 is 5.11 Å². The Kier molecular flexibility index (Phi) is 3.60. The van der Waals surface area contributed by atoms with Crippen molar-refractivity contribution in [2.24, 2.45) is 11.8 Å². The first-order chi connectivity index (χ1) is 6.90. The number of thiophene rings is 1. The Morgan fingerprint density at radius 1 is 1.43 bits per heavy atom. The van der Waals surface area contributed by atoms with Crippen molar-refractivity contribution in [2.45, 2.75) is 32.1 Å². The van der Waals surface area contributed by atoms with E-state index >= 15 is 0 Å². The van der Waals surface area contributed by atoms with Crippen molar-refractivity contribution in [3.8, 4) is 0 Å². The van der Waals surface area contributed by atoms with E-state index in [9.17, 15) is 5.11 Å². The highest BCUT2D eigenvalue weighted by Gasteiger charge is 2.24. The molecule has 0 spiro atoms. The van der Waals surface area contributed by atoms with E-state index in [1.54, 1.807) is 11.3 Å². The van der Waals surface area contributed by atoms with E-state index in [0.717, 1.165) is 12.3 Å². The van der Waals surface area contributed by atoms with Gasteiger partial charge in [0.2, 0.25) is 0 Å². The molecule has 0 amide bonds. The fraction of sp³-hybridized carbons (Fsp3) is 0.667. The fourth-order valence-electron chi connectivity index (χ4n) is 2.52. The van der Waals surface area contributed by atoms with Crippen LogP contribution in [0.5, 0.6) is 0 Å². The van der Waals surface area contributed by atoms with Gasteiger partial charge in [-0.05, 0) is 40.6 Å². The van der Waals surface area contributed by atoms with Crippen LogP contribution >= 0.6 is 11.3 Å². The standard InChI is InChI=1S/C12H18OS/c13-8-12(11-3-1-2-4-11)7-10-5-6-14-9-10/h5-6,9,11-13H,1-4,7-8H2. The van der Waals surface area contributed by atoms with Gasteiger partial charge in [-0.15, -0.1) is 0 Å². The molecule has 1 aromatic heterocycles. The predicted molar refractivity (Wildman–Crippen MR) is 60.6 cm³/mol. The zero-order valence-corrected chi connectivity index (χ0v) is 9.30. The number of aliphatic hydroxyl groups excluding tert-OH is 1. The van der Waals surface area contributed by atoms with Gasteiger partial charge in [-0.25, -0.2) is 0 Å². The first-order valence-electron chi connectivity index (χ1n) is 5.52. The lowest BCUT2D eigenvalue weighted by molar-refractivity contribution is 0.176. The van der Waals surface area contributed by atoms with Crippen LogP contribution in [-0.4, -0.2) is 11.7 Å². The molecule has 0 aliphatic heterocycles. The Morgan fingerprint density at radius 2 is 2.21 bits per heavy atom. The Balaban J connectivity index is 1.92. The van der Waals surface area contributed by atoms with E-state index in [1.165, 1.54) is 31.2 Å². The molecule has 1 aromatic rings. The maximum atomic E-state index is 9.39. The van der Waals surface area contributed by atoms with E-state index in [0.29, 0.717) is 12.5 Å². The maximum absolute atomic E-state index is 9.39. The molecule has 2 rings (SSSR count). The van der Waals surface area contributed by atoms with E-state index in [-0.39, 0.29) is 0 Å². The van der Waals surface area contributed by atoms with Crippen molar-refractivity contribution in [3.05, 3.63) is 22.4 Å². The predicted octanol–water partition coefficient (Wildman–Crippen LogP) is 3.09. The topological polar surface area (TPSA) is 20.2 Å². The summed E-state index contributed by atoms with van der Waals surface area (Å²) in [5.74, 6) is 1.28. The molecule has 2 heteroatoms. The van der Waals surface area contributed by atoms with Crippen LogP contribution in [0.3, 0.4) is 0 Å². The summed E-state index contributed by atoms with van der Waals surface area (Å²) in [4.78, 5) is 0. The fourth-order valence-corrected chi connectivity index (χ4v) is 3.20. The lowest BCUT2D eigenvalue weighted by Crippen LogP contribution is -2.18. The van der Waals surface area contributed by atoms with Crippen molar-refractivity contribution in [2.75, 3.05) is 6.61 Å². The number of rotatable bonds is 4. The highest BCUT2D eigenvalue weighted by atomic mass is 32.1. The average molecular weight is 210 g/mol. The van der Waals surface area contributed by atoms with Gasteiger partial charge in [-0.2, -0.15) is 11.3 Å². The van der Waals surface area contributed by atoms with Crippen molar-refractivity contribution in [1.82, 2.24) is 0 Å². The van der Waals surface area contributed by atoms with Crippen LogP contribution < -0.4 is 0 Å². The molecule has 1 heterocycles. The molecular weight excluding hydrogens is 192 g/mol. The normalized spacial score (nSPS) is 20.1. The number of hydrogen-bond acceptors (Lipinski definition) is 2. The van der Waals surface area contributed by atoms with E-state index in [1.807, 2.05) is 0 Å². The Morgan fingerprint density at radius 3 is 2.79 bits per heavy atom. The van der Waals surface area contributed by atoms with Gasteiger partial charge in [0.15, 0.2) is 0 Å². The smallest absolute Gasteiger partial charge is 0.0465 e. The Labute approximate surface area is 89.8 Å². The van der Waals surface area contributed by atoms with Gasteiger partial charge < -0.3 is 5.11 Å². The molecule has 1 aliphatic carbocycles. The summed E-state index contributed by atoms with van der Waals surface area (Å²) >= 11 is 1.75. The largest absolute Gasteiger partial charge is 0.396 e. The molecule has 78 valence electrons. The minimum Gasteiger partial charge on any atom is -0.396 e. The molecule has 1 aliphatic rings. The molecule has 1 nitrogen and oxygen atoms in total. The molecule has 1 unspecified atom stereocenters. The SMILES string of the molecule is OCC(Cc1ccsc1)C1CCCC1. The van der Waals surface area contributed by atoms with Crippen molar-refractivity contribution in [3.63, 3.8) is 0 Å². The van der Waals surface area contributed by atoms with E-state index in [2.05, 4.69) is 16.8 Å². The van der Waals surface area contributed by atoms with Crippen LogP contribution in [-0.2, 0) is 6.42 Å². The molecule has 0 aromatic carbocycles. The molecular formula is C12H18OS. The molecule has 0 bridgehead atoms. The summed E-state index contributed by atoms with van der Waals surface area (Å²) < 4.78 is 0. The second-order valence-corrected chi connectivity index (χ2v) is 5.10. The van der Waals surface area contributed by atoms with Gasteiger partial charge in [0.05, 0.1) is 0 Å². The van der Waals surface area contributed by atoms with Crippen LogP contribution in [0.4, 0.5) is 0 Å². The third-order valence-electron chi connectivity index (χ3n) is 3.38. The summed E-state index contributed by atoms with van der Waals surface area (Å²) in [6, 6.07) is 2.18. The molecule has 1 N–H and O–H groups in total. The summed E-state index contributed by atoms with van der Waals surface area (Å²) in [6.07, 6.45) is 6.46. The van der Waals surface area contributed by atoms with Gasteiger partial charge in [-0.3, -0.25) is 0 Å². The van der Waals surface area contributed by atoms with Crippen LogP contribution in [0.25, 0.3) is 0 Å². The highest BCUT2D eigenvalue weighted by molar-refractivity contribution is 7.07. The zero-order valence-electron chi connectivity index (χ0n) is 8.48. The summed E-state index contributed by atoms with van der Waals surface area (Å²) in [6.45, 7) is 0.362. The van der Waals surface area contributed by atoms with Crippen LogP contribution in [0.1, 0.15) is 31.2 Å². The molecule has 1 atom stereocenters. The molecule has 1 saturated carbocycles.